The molecule has 3 nitrogen and oxygen atoms in total. The Balaban J connectivity index is 3.22. The molecular weight excluding hydrogens is 116 g/mol. The molecule has 0 saturated heterocycles. The van der Waals surface area contributed by atoms with Gasteiger partial charge in [0.15, 0.2) is 0 Å². The quantitative estimate of drug-likeness (QED) is 0.473. The van der Waals surface area contributed by atoms with E-state index >= 15 is 0 Å². The second-order valence-corrected chi connectivity index (χ2v) is 1.61. The number of ether oxygens (including phenoxy) is 1. The first-order chi connectivity index (χ1) is 4.35. The van der Waals surface area contributed by atoms with E-state index in [9.17, 15) is 0 Å². The molecule has 0 aromatic rings. The lowest BCUT2D eigenvalue weighted by atomic mass is 10.4. The molecule has 0 atom stereocenters. The summed E-state index contributed by atoms with van der Waals surface area (Å²) in [6.45, 7) is 1.15. The van der Waals surface area contributed by atoms with Crippen molar-refractivity contribution in [2.24, 2.45) is 11.5 Å². The van der Waals surface area contributed by atoms with Crippen molar-refractivity contribution in [1.29, 1.82) is 0 Å². The summed E-state index contributed by atoms with van der Waals surface area (Å²) in [5.74, 6) is 2.33. The predicted octanol–water partition coefficient (Wildman–Crippen LogP) is -1.08. The first kappa shape index (κ1) is 8.44. The predicted molar refractivity (Wildman–Crippen MR) is 36.7 cm³/mol. The second kappa shape index (κ2) is 5.57. The Morgan fingerprint density at radius 1 is 1.44 bits per heavy atom. The molecule has 52 valence electrons. The molecule has 0 aliphatic heterocycles. The molecule has 0 heterocycles. The van der Waals surface area contributed by atoms with Crippen molar-refractivity contribution in [2.75, 3.05) is 19.7 Å². The van der Waals surface area contributed by atoms with Crippen LogP contribution in [0.3, 0.4) is 0 Å². The lowest BCUT2D eigenvalue weighted by molar-refractivity contribution is 0.0909. The molecule has 9 heavy (non-hydrogen) atoms. The van der Waals surface area contributed by atoms with Gasteiger partial charge in [-0.2, -0.15) is 0 Å². The first-order valence-corrected chi connectivity index (χ1v) is 2.80. The van der Waals surface area contributed by atoms with Crippen LogP contribution in [0.1, 0.15) is 0 Å². The fraction of sp³-hybridized carbons (Fsp3) is 0.667. The van der Waals surface area contributed by atoms with Gasteiger partial charge in [-0.25, -0.2) is 0 Å². The molecule has 0 saturated carbocycles. The Kier molecular flexibility index (Phi) is 5.23. The Morgan fingerprint density at radius 3 is 2.33 bits per heavy atom. The summed E-state index contributed by atoms with van der Waals surface area (Å²) >= 11 is 0. The van der Waals surface area contributed by atoms with Crippen LogP contribution >= 0.6 is 0 Å². The van der Waals surface area contributed by atoms with Gasteiger partial charge in [0.25, 0.3) is 0 Å². The lowest BCUT2D eigenvalue weighted by Gasteiger charge is -2.09. The fourth-order valence-electron chi connectivity index (χ4n) is 0.398. The standard InChI is InChI=1S/C6H12N2O/c1-2-3-9-6(4-7)5-8/h1,6H,3-5,7-8H2. The van der Waals surface area contributed by atoms with Crippen LogP contribution in [-0.2, 0) is 4.74 Å². The summed E-state index contributed by atoms with van der Waals surface area (Å²) in [5.41, 5.74) is 10.5. The van der Waals surface area contributed by atoms with E-state index in [-0.39, 0.29) is 6.10 Å². The lowest BCUT2D eigenvalue weighted by Crippen LogP contribution is -2.31. The number of hydrogen-bond donors (Lipinski definition) is 2. The van der Waals surface area contributed by atoms with E-state index in [0.29, 0.717) is 19.7 Å². The molecule has 0 fully saturated rings. The van der Waals surface area contributed by atoms with Crippen LogP contribution < -0.4 is 11.5 Å². The van der Waals surface area contributed by atoms with Gasteiger partial charge in [0.1, 0.15) is 6.61 Å². The fourth-order valence-corrected chi connectivity index (χ4v) is 0.398. The molecule has 0 aliphatic carbocycles. The first-order valence-electron chi connectivity index (χ1n) is 2.80. The number of terminal acetylenes is 1. The molecule has 0 aromatic carbocycles. The Morgan fingerprint density at radius 2 is 2.00 bits per heavy atom. The van der Waals surface area contributed by atoms with Gasteiger partial charge in [0.05, 0.1) is 6.10 Å². The van der Waals surface area contributed by atoms with Gasteiger partial charge in [-0.1, -0.05) is 5.92 Å². The van der Waals surface area contributed by atoms with Crippen LogP contribution in [0.15, 0.2) is 0 Å². The third-order valence-electron chi connectivity index (χ3n) is 0.928. The highest BCUT2D eigenvalue weighted by molar-refractivity contribution is 4.83. The monoisotopic (exact) mass is 128 g/mol. The van der Waals surface area contributed by atoms with E-state index in [1.165, 1.54) is 0 Å². The molecule has 0 radical (unpaired) electrons. The molecule has 0 spiro atoms. The van der Waals surface area contributed by atoms with E-state index in [1.54, 1.807) is 0 Å². The van der Waals surface area contributed by atoms with Crippen molar-refractivity contribution < 1.29 is 4.74 Å². The zero-order valence-corrected chi connectivity index (χ0v) is 5.34. The summed E-state index contributed by atoms with van der Waals surface area (Å²) in [5, 5.41) is 0. The highest BCUT2D eigenvalue weighted by Crippen LogP contribution is 1.83. The van der Waals surface area contributed by atoms with Gasteiger partial charge in [-0.15, -0.1) is 6.42 Å². The molecule has 4 N–H and O–H groups in total. The van der Waals surface area contributed by atoms with Gasteiger partial charge in [0.2, 0.25) is 0 Å². The third-order valence-corrected chi connectivity index (χ3v) is 0.928. The number of nitrogens with two attached hydrogens (primary N) is 2. The average molecular weight is 128 g/mol. The second-order valence-electron chi connectivity index (χ2n) is 1.61. The van der Waals surface area contributed by atoms with Crippen LogP contribution in [0, 0.1) is 12.3 Å². The van der Waals surface area contributed by atoms with Gasteiger partial charge in [-0.3, -0.25) is 0 Å². The maximum atomic E-state index is 5.25. The maximum Gasteiger partial charge on any atom is 0.107 e. The maximum absolute atomic E-state index is 5.25. The van der Waals surface area contributed by atoms with E-state index in [1.807, 2.05) is 0 Å². The van der Waals surface area contributed by atoms with Gasteiger partial charge in [-0.05, 0) is 0 Å². The van der Waals surface area contributed by atoms with Crippen LogP contribution in [0.25, 0.3) is 0 Å². The normalized spacial score (nSPS) is 9.56. The molecule has 0 rings (SSSR count). The third kappa shape index (κ3) is 3.98. The van der Waals surface area contributed by atoms with E-state index in [0.717, 1.165) is 0 Å². The highest BCUT2D eigenvalue weighted by atomic mass is 16.5. The van der Waals surface area contributed by atoms with Crippen molar-refractivity contribution in [2.45, 2.75) is 6.10 Å². The smallest absolute Gasteiger partial charge is 0.107 e. The Bertz CT molecular complexity index is 93.7. The summed E-state index contributed by atoms with van der Waals surface area (Å²) < 4.78 is 5.00. The van der Waals surface area contributed by atoms with Crippen molar-refractivity contribution in [1.82, 2.24) is 0 Å². The topological polar surface area (TPSA) is 61.3 Å². The zero-order chi connectivity index (χ0) is 7.11. The van der Waals surface area contributed by atoms with Crippen molar-refractivity contribution in [3.8, 4) is 12.3 Å². The van der Waals surface area contributed by atoms with Crippen LogP contribution in [0.2, 0.25) is 0 Å². The van der Waals surface area contributed by atoms with Gasteiger partial charge in [0, 0.05) is 13.1 Å². The SMILES string of the molecule is C#CCOC(CN)CN. The molecule has 0 unspecified atom stereocenters. The minimum absolute atomic E-state index is 0.0824. The van der Waals surface area contributed by atoms with Crippen LogP contribution in [0.4, 0.5) is 0 Å². The van der Waals surface area contributed by atoms with Crippen LogP contribution in [0.5, 0.6) is 0 Å². The van der Waals surface area contributed by atoms with Gasteiger partial charge >= 0.3 is 0 Å². The highest BCUT2D eigenvalue weighted by Gasteiger charge is 2.00. The van der Waals surface area contributed by atoms with Crippen LogP contribution in [-0.4, -0.2) is 25.8 Å². The molecular formula is C6H12N2O. The summed E-state index contributed by atoms with van der Waals surface area (Å²) in [6.07, 6.45) is 4.85. The Labute approximate surface area is 55.4 Å². The van der Waals surface area contributed by atoms with Crippen molar-refractivity contribution in [3.63, 3.8) is 0 Å². The average Bonchev–Trinajstić information content (AvgIpc) is 1.91. The Hall–Kier alpha value is -0.560. The summed E-state index contributed by atoms with van der Waals surface area (Å²) in [6, 6.07) is 0. The number of hydrogen-bond acceptors (Lipinski definition) is 3. The minimum Gasteiger partial charge on any atom is -0.363 e. The molecule has 0 amide bonds. The summed E-state index contributed by atoms with van der Waals surface area (Å²) in [4.78, 5) is 0. The van der Waals surface area contributed by atoms with E-state index in [2.05, 4.69) is 5.92 Å². The molecule has 0 aliphatic rings. The van der Waals surface area contributed by atoms with Gasteiger partial charge < -0.3 is 16.2 Å². The van der Waals surface area contributed by atoms with Crippen molar-refractivity contribution >= 4 is 0 Å². The molecule has 3 heteroatoms. The minimum atomic E-state index is -0.0824. The number of rotatable bonds is 4. The van der Waals surface area contributed by atoms with E-state index < -0.39 is 0 Å². The van der Waals surface area contributed by atoms with E-state index in [4.69, 9.17) is 22.6 Å². The van der Waals surface area contributed by atoms with Crippen molar-refractivity contribution in [3.05, 3.63) is 0 Å². The largest absolute Gasteiger partial charge is 0.363 e. The summed E-state index contributed by atoms with van der Waals surface area (Å²) in [7, 11) is 0. The molecule has 0 bridgehead atoms. The zero-order valence-electron chi connectivity index (χ0n) is 5.34. The molecule has 0 aromatic heterocycles.